The predicted octanol–water partition coefficient (Wildman–Crippen LogP) is 3.32. The van der Waals surface area contributed by atoms with Crippen molar-refractivity contribution in [3.63, 3.8) is 0 Å². The fourth-order valence-electron chi connectivity index (χ4n) is 2.32. The lowest BCUT2D eigenvalue weighted by Crippen LogP contribution is -2.43. The molecule has 1 N–H and O–H groups in total. The average Bonchev–Trinajstić information content (AvgIpc) is 2.59. The third-order valence-electron chi connectivity index (χ3n) is 3.95. The number of carboxylic acids is 1. The first kappa shape index (κ1) is 17.7. The number of hydrogen-bond acceptors (Lipinski definition) is 3. The zero-order valence-electron chi connectivity index (χ0n) is 14.1. The number of carbonyl (C=O) groups is 2. The quantitative estimate of drug-likeness (QED) is 0.884. The molecule has 0 saturated heterocycles. The summed E-state index contributed by atoms with van der Waals surface area (Å²) in [7, 11) is 0. The smallest absolute Gasteiger partial charge is 0.326 e. The van der Waals surface area contributed by atoms with E-state index in [0.717, 1.165) is 11.1 Å². The Morgan fingerprint density at radius 1 is 1.08 bits per heavy atom. The van der Waals surface area contributed by atoms with Crippen molar-refractivity contribution in [2.45, 2.75) is 39.3 Å². The third kappa shape index (κ3) is 4.19. The summed E-state index contributed by atoms with van der Waals surface area (Å²) in [5.74, 6) is -1.11. The lowest BCUT2D eigenvalue weighted by molar-refractivity contribution is -0.141. The molecule has 1 amide bonds. The summed E-state index contributed by atoms with van der Waals surface area (Å²) in [5, 5.41) is 9.33. The highest BCUT2D eigenvalue weighted by molar-refractivity contribution is 5.94. The van der Waals surface area contributed by atoms with Gasteiger partial charge >= 0.3 is 5.97 Å². The summed E-state index contributed by atoms with van der Waals surface area (Å²) in [5.41, 5.74) is 2.16. The number of aromatic nitrogens is 1. The Bertz CT molecular complexity index is 696. The van der Waals surface area contributed by atoms with Crippen molar-refractivity contribution in [3.8, 4) is 0 Å². The van der Waals surface area contributed by atoms with Crippen molar-refractivity contribution in [2.24, 2.45) is 0 Å². The van der Waals surface area contributed by atoms with Crippen molar-refractivity contribution in [1.82, 2.24) is 9.88 Å². The molecule has 0 spiro atoms. The fraction of sp³-hybridized carbons (Fsp3) is 0.316. The van der Waals surface area contributed by atoms with E-state index >= 15 is 0 Å². The van der Waals surface area contributed by atoms with E-state index in [4.69, 9.17) is 0 Å². The van der Waals surface area contributed by atoms with Gasteiger partial charge in [0.25, 0.3) is 5.91 Å². The van der Waals surface area contributed by atoms with Crippen LogP contribution >= 0.6 is 0 Å². The Balaban J connectivity index is 2.28. The zero-order valence-corrected chi connectivity index (χ0v) is 14.1. The second kappa shape index (κ2) is 7.73. The Labute approximate surface area is 142 Å². The SMILES string of the molecule is CC(C)c1ccc(C(=O)N(Cc2ccccc2)C(C)C(=O)O)nc1. The molecule has 126 valence electrons. The fourth-order valence-corrected chi connectivity index (χ4v) is 2.32. The highest BCUT2D eigenvalue weighted by atomic mass is 16.4. The van der Waals surface area contributed by atoms with Crippen LogP contribution in [0.3, 0.4) is 0 Å². The number of carbonyl (C=O) groups excluding carboxylic acids is 1. The third-order valence-corrected chi connectivity index (χ3v) is 3.95. The predicted molar refractivity (Wildman–Crippen MR) is 91.7 cm³/mol. The number of pyridine rings is 1. The van der Waals surface area contributed by atoms with Gasteiger partial charge in [-0.15, -0.1) is 0 Å². The van der Waals surface area contributed by atoms with E-state index in [-0.39, 0.29) is 18.1 Å². The van der Waals surface area contributed by atoms with Gasteiger partial charge in [0.2, 0.25) is 0 Å². The molecule has 0 aliphatic rings. The molecular weight excluding hydrogens is 304 g/mol. The number of carboxylic acid groups (broad SMARTS) is 1. The maximum Gasteiger partial charge on any atom is 0.326 e. The summed E-state index contributed by atoms with van der Waals surface area (Å²) >= 11 is 0. The van der Waals surface area contributed by atoms with Gasteiger partial charge in [0.05, 0.1) is 0 Å². The Morgan fingerprint density at radius 3 is 2.25 bits per heavy atom. The van der Waals surface area contributed by atoms with Gasteiger partial charge in [-0.25, -0.2) is 4.79 Å². The zero-order chi connectivity index (χ0) is 17.7. The van der Waals surface area contributed by atoms with Gasteiger partial charge in [-0.3, -0.25) is 9.78 Å². The molecule has 0 bridgehead atoms. The van der Waals surface area contributed by atoms with Crippen LogP contribution in [0.2, 0.25) is 0 Å². The van der Waals surface area contributed by atoms with Gasteiger partial charge in [-0.1, -0.05) is 50.2 Å². The van der Waals surface area contributed by atoms with Crippen LogP contribution in [-0.2, 0) is 11.3 Å². The minimum Gasteiger partial charge on any atom is -0.480 e. The van der Waals surface area contributed by atoms with Crippen LogP contribution in [0.1, 0.15) is 48.3 Å². The number of aliphatic carboxylic acids is 1. The van der Waals surface area contributed by atoms with Crippen molar-refractivity contribution < 1.29 is 14.7 Å². The summed E-state index contributed by atoms with van der Waals surface area (Å²) < 4.78 is 0. The largest absolute Gasteiger partial charge is 0.480 e. The topological polar surface area (TPSA) is 70.5 Å². The number of nitrogens with zero attached hydrogens (tertiary/aromatic N) is 2. The van der Waals surface area contributed by atoms with Crippen molar-refractivity contribution >= 4 is 11.9 Å². The number of hydrogen-bond donors (Lipinski definition) is 1. The maximum atomic E-state index is 12.8. The van der Waals surface area contributed by atoms with Gasteiger partial charge in [0, 0.05) is 12.7 Å². The van der Waals surface area contributed by atoms with Crippen molar-refractivity contribution in [3.05, 3.63) is 65.5 Å². The Morgan fingerprint density at radius 2 is 1.75 bits per heavy atom. The van der Waals surface area contributed by atoms with Crippen LogP contribution in [0.4, 0.5) is 0 Å². The van der Waals surface area contributed by atoms with Gasteiger partial charge in [0.15, 0.2) is 0 Å². The van der Waals surface area contributed by atoms with E-state index in [1.807, 2.05) is 50.2 Å². The van der Waals surface area contributed by atoms with Gasteiger partial charge in [0.1, 0.15) is 11.7 Å². The monoisotopic (exact) mass is 326 g/mol. The number of rotatable bonds is 6. The first-order valence-electron chi connectivity index (χ1n) is 7.93. The molecule has 1 atom stereocenters. The lowest BCUT2D eigenvalue weighted by atomic mass is 10.1. The van der Waals surface area contributed by atoms with Crippen LogP contribution in [0.15, 0.2) is 48.7 Å². The van der Waals surface area contributed by atoms with Gasteiger partial charge < -0.3 is 10.0 Å². The summed E-state index contributed by atoms with van der Waals surface area (Å²) in [6, 6.07) is 11.9. The number of benzene rings is 1. The van der Waals surface area contributed by atoms with Crippen LogP contribution in [0.5, 0.6) is 0 Å². The second-order valence-electron chi connectivity index (χ2n) is 6.06. The van der Waals surface area contributed by atoms with Crippen LogP contribution in [-0.4, -0.2) is 32.9 Å². The molecule has 0 aliphatic carbocycles. The molecule has 0 saturated carbocycles. The summed E-state index contributed by atoms with van der Waals surface area (Å²) in [4.78, 5) is 29.7. The van der Waals surface area contributed by atoms with E-state index in [1.165, 1.54) is 11.8 Å². The average molecular weight is 326 g/mol. The molecule has 2 rings (SSSR count). The summed E-state index contributed by atoms with van der Waals surface area (Å²) in [6.07, 6.45) is 1.67. The van der Waals surface area contributed by atoms with E-state index in [9.17, 15) is 14.7 Å². The Kier molecular flexibility index (Phi) is 5.68. The molecule has 0 radical (unpaired) electrons. The molecule has 24 heavy (non-hydrogen) atoms. The first-order valence-corrected chi connectivity index (χ1v) is 7.93. The Hall–Kier alpha value is -2.69. The first-order chi connectivity index (χ1) is 11.4. The molecule has 0 fully saturated rings. The highest BCUT2D eigenvalue weighted by Crippen LogP contribution is 2.16. The highest BCUT2D eigenvalue weighted by Gasteiger charge is 2.27. The molecule has 5 nitrogen and oxygen atoms in total. The van der Waals surface area contributed by atoms with Crippen LogP contribution in [0.25, 0.3) is 0 Å². The van der Waals surface area contributed by atoms with Crippen molar-refractivity contribution in [1.29, 1.82) is 0 Å². The molecule has 2 aromatic rings. The minimum atomic E-state index is -1.04. The molecule has 5 heteroatoms. The molecule has 1 unspecified atom stereocenters. The number of amides is 1. The molecular formula is C19H22N2O3. The van der Waals surface area contributed by atoms with E-state index in [1.54, 1.807) is 12.3 Å². The van der Waals surface area contributed by atoms with Gasteiger partial charge in [-0.05, 0) is 30.0 Å². The van der Waals surface area contributed by atoms with Crippen LogP contribution in [0, 0.1) is 0 Å². The maximum absolute atomic E-state index is 12.8. The standard InChI is InChI=1S/C19H22N2O3/c1-13(2)16-9-10-17(20-11-16)18(22)21(14(3)19(23)24)12-15-7-5-4-6-8-15/h4-11,13-14H,12H2,1-3H3,(H,23,24). The minimum absolute atomic E-state index is 0.223. The van der Waals surface area contributed by atoms with Gasteiger partial charge in [-0.2, -0.15) is 0 Å². The molecule has 1 aromatic carbocycles. The second-order valence-corrected chi connectivity index (χ2v) is 6.06. The van der Waals surface area contributed by atoms with E-state index < -0.39 is 12.0 Å². The van der Waals surface area contributed by atoms with E-state index in [0.29, 0.717) is 5.92 Å². The normalized spacial score (nSPS) is 12.0. The molecule has 1 heterocycles. The van der Waals surface area contributed by atoms with Crippen LogP contribution < -0.4 is 0 Å². The molecule has 0 aliphatic heterocycles. The summed E-state index contributed by atoms with van der Waals surface area (Å²) in [6.45, 7) is 5.83. The van der Waals surface area contributed by atoms with E-state index in [2.05, 4.69) is 4.98 Å². The van der Waals surface area contributed by atoms with Crippen molar-refractivity contribution in [2.75, 3.05) is 0 Å². The lowest BCUT2D eigenvalue weighted by Gasteiger charge is -2.26. The molecule has 1 aromatic heterocycles.